The third-order valence-corrected chi connectivity index (χ3v) is 3.45. The molecule has 3 rings (SSSR count). The first-order valence-electron chi connectivity index (χ1n) is 5.84. The van der Waals surface area contributed by atoms with Gasteiger partial charge >= 0.3 is 6.09 Å². The molecule has 1 aliphatic heterocycles. The number of aromatic amines is 1. The van der Waals surface area contributed by atoms with Crippen LogP contribution in [0.25, 0.3) is 10.9 Å². The summed E-state index contributed by atoms with van der Waals surface area (Å²) in [5.74, 6) is 0.824. The molecule has 0 fully saturated rings. The summed E-state index contributed by atoms with van der Waals surface area (Å²) in [4.78, 5) is 15.7. The highest BCUT2D eigenvalue weighted by atomic mass is 16.5. The zero-order chi connectivity index (χ0) is 12.7. The van der Waals surface area contributed by atoms with Crippen molar-refractivity contribution in [3.8, 4) is 5.75 Å². The molecule has 1 aromatic carbocycles. The van der Waals surface area contributed by atoms with Gasteiger partial charge in [0.15, 0.2) is 0 Å². The van der Waals surface area contributed by atoms with E-state index in [-0.39, 0.29) is 0 Å². The molecule has 0 saturated carbocycles. The molecule has 5 heteroatoms. The van der Waals surface area contributed by atoms with Crippen LogP contribution in [0.5, 0.6) is 5.75 Å². The second-order valence-electron chi connectivity index (χ2n) is 4.45. The Morgan fingerprint density at radius 2 is 2.33 bits per heavy atom. The molecule has 1 aromatic heterocycles. The molecule has 1 aliphatic rings. The number of hydrogen-bond acceptors (Lipinski definition) is 2. The van der Waals surface area contributed by atoms with Gasteiger partial charge in [-0.25, -0.2) is 4.79 Å². The molecular weight excluding hydrogens is 232 g/mol. The first kappa shape index (κ1) is 11.0. The summed E-state index contributed by atoms with van der Waals surface area (Å²) in [6, 6.07) is 5.87. The standard InChI is InChI=1S/C13H14N2O3/c1-18-8-2-3-11-10(6-8)9-4-5-15(13(16)17)7-12(9)14-11/h2-3,6,14H,4-5,7H2,1H3,(H,16,17). The monoisotopic (exact) mass is 246 g/mol. The van der Waals surface area contributed by atoms with E-state index in [0.29, 0.717) is 13.1 Å². The minimum absolute atomic E-state index is 0.432. The SMILES string of the molecule is COc1ccc2[nH]c3c(c2c1)CCN(C(=O)O)C3. The molecule has 0 unspecified atom stereocenters. The Hall–Kier alpha value is -2.17. The lowest BCUT2D eigenvalue weighted by atomic mass is 10.0. The molecule has 0 saturated heterocycles. The fraction of sp³-hybridized carbons (Fsp3) is 0.308. The average molecular weight is 246 g/mol. The number of fused-ring (bicyclic) bond motifs is 3. The zero-order valence-corrected chi connectivity index (χ0v) is 10.1. The number of aromatic nitrogens is 1. The summed E-state index contributed by atoms with van der Waals surface area (Å²) in [5.41, 5.74) is 3.24. The number of benzene rings is 1. The van der Waals surface area contributed by atoms with Crippen molar-refractivity contribution in [1.29, 1.82) is 0 Å². The molecule has 5 nitrogen and oxygen atoms in total. The summed E-state index contributed by atoms with van der Waals surface area (Å²) in [6.45, 7) is 0.980. The van der Waals surface area contributed by atoms with Crippen LogP contribution in [0.1, 0.15) is 11.3 Å². The van der Waals surface area contributed by atoms with Crippen LogP contribution in [0.2, 0.25) is 0 Å². The smallest absolute Gasteiger partial charge is 0.407 e. The van der Waals surface area contributed by atoms with E-state index in [0.717, 1.165) is 28.8 Å². The van der Waals surface area contributed by atoms with Crippen molar-refractivity contribution >= 4 is 17.0 Å². The summed E-state index contributed by atoms with van der Waals surface area (Å²) in [7, 11) is 1.65. The van der Waals surface area contributed by atoms with Crippen LogP contribution in [0.15, 0.2) is 18.2 Å². The van der Waals surface area contributed by atoms with E-state index in [1.54, 1.807) is 7.11 Å². The molecule has 94 valence electrons. The number of amides is 1. The van der Waals surface area contributed by atoms with Crippen LogP contribution in [-0.4, -0.2) is 34.7 Å². The molecule has 1 amide bonds. The van der Waals surface area contributed by atoms with Crippen molar-refractivity contribution < 1.29 is 14.6 Å². The minimum atomic E-state index is -0.864. The van der Waals surface area contributed by atoms with E-state index < -0.39 is 6.09 Å². The number of carbonyl (C=O) groups is 1. The molecule has 0 atom stereocenters. The second-order valence-corrected chi connectivity index (χ2v) is 4.45. The predicted octanol–water partition coefficient (Wildman–Crippen LogP) is 2.21. The van der Waals surface area contributed by atoms with E-state index in [4.69, 9.17) is 9.84 Å². The van der Waals surface area contributed by atoms with Gasteiger partial charge in [-0.05, 0) is 30.2 Å². The number of methoxy groups -OCH3 is 1. The summed E-state index contributed by atoms with van der Waals surface area (Å²) < 4.78 is 5.22. The Kier molecular flexibility index (Phi) is 2.40. The lowest BCUT2D eigenvalue weighted by Gasteiger charge is -2.24. The molecule has 2 heterocycles. The van der Waals surface area contributed by atoms with Crippen LogP contribution in [0, 0.1) is 0 Å². The maximum atomic E-state index is 11.0. The number of ether oxygens (including phenoxy) is 1. The first-order valence-corrected chi connectivity index (χ1v) is 5.84. The number of nitrogens with zero attached hydrogens (tertiary/aromatic N) is 1. The number of H-pyrrole nitrogens is 1. The molecule has 18 heavy (non-hydrogen) atoms. The first-order chi connectivity index (χ1) is 8.69. The van der Waals surface area contributed by atoms with Crippen molar-refractivity contribution in [1.82, 2.24) is 9.88 Å². The van der Waals surface area contributed by atoms with Crippen molar-refractivity contribution in [2.75, 3.05) is 13.7 Å². The second kappa shape index (κ2) is 3.94. The van der Waals surface area contributed by atoms with Gasteiger partial charge in [-0.2, -0.15) is 0 Å². The van der Waals surface area contributed by atoms with Crippen molar-refractivity contribution in [2.24, 2.45) is 0 Å². The Morgan fingerprint density at radius 3 is 3.06 bits per heavy atom. The largest absolute Gasteiger partial charge is 0.497 e. The van der Waals surface area contributed by atoms with Crippen LogP contribution in [0.4, 0.5) is 4.79 Å². The van der Waals surface area contributed by atoms with E-state index in [1.165, 1.54) is 10.5 Å². The van der Waals surface area contributed by atoms with Crippen LogP contribution in [0.3, 0.4) is 0 Å². The van der Waals surface area contributed by atoms with Crippen LogP contribution < -0.4 is 4.74 Å². The summed E-state index contributed by atoms with van der Waals surface area (Å²) in [5, 5.41) is 10.1. The van der Waals surface area contributed by atoms with Gasteiger partial charge in [0.1, 0.15) is 5.75 Å². The Balaban J connectivity index is 2.07. The number of hydrogen-bond donors (Lipinski definition) is 2. The molecule has 0 spiro atoms. The highest BCUT2D eigenvalue weighted by Crippen LogP contribution is 2.30. The molecule has 2 N–H and O–H groups in total. The highest BCUT2D eigenvalue weighted by molar-refractivity contribution is 5.86. The molecule has 0 aliphatic carbocycles. The van der Waals surface area contributed by atoms with Gasteiger partial charge in [-0.15, -0.1) is 0 Å². The lowest BCUT2D eigenvalue weighted by molar-refractivity contribution is 0.139. The zero-order valence-electron chi connectivity index (χ0n) is 10.1. The predicted molar refractivity (Wildman–Crippen MR) is 67.0 cm³/mol. The third kappa shape index (κ3) is 1.59. The molecule has 0 bridgehead atoms. The van der Waals surface area contributed by atoms with Crippen LogP contribution >= 0.6 is 0 Å². The van der Waals surface area contributed by atoms with Gasteiger partial charge in [-0.1, -0.05) is 0 Å². The van der Waals surface area contributed by atoms with Gasteiger partial charge in [-0.3, -0.25) is 0 Å². The van der Waals surface area contributed by atoms with E-state index in [2.05, 4.69) is 4.98 Å². The number of carboxylic acid groups (broad SMARTS) is 1. The third-order valence-electron chi connectivity index (χ3n) is 3.45. The average Bonchev–Trinajstić information content (AvgIpc) is 2.75. The minimum Gasteiger partial charge on any atom is -0.497 e. The number of rotatable bonds is 1. The van der Waals surface area contributed by atoms with Crippen molar-refractivity contribution in [3.63, 3.8) is 0 Å². The molecular formula is C13H14N2O3. The fourth-order valence-electron chi connectivity index (χ4n) is 2.51. The van der Waals surface area contributed by atoms with E-state index in [9.17, 15) is 4.79 Å². The maximum Gasteiger partial charge on any atom is 0.407 e. The summed E-state index contributed by atoms with van der Waals surface area (Å²) in [6.07, 6.45) is -0.119. The van der Waals surface area contributed by atoms with Crippen molar-refractivity contribution in [2.45, 2.75) is 13.0 Å². The molecule has 2 aromatic rings. The molecule has 0 radical (unpaired) electrons. The lowest BCUT2D eigenvalue weighted by Crippen LogP contribution is -2.34. The Bertz CT molecular complexity index is 618. The maximum absolute atomic E-state index is 11.0. The summed E-state index contributed by atoms with van der Waals surface area (Å²) >= 11 is 0. The van der Waals surface area contributed by atoms with Gasteiger partial charge in [0.05, 0.1) is 13.7 Å². The van der Waals surface area contributed by atoms with Gasteiger partial charge in [0.25, 0.3) is 0 Å². The van der Waals surface area contributed by atoms with E-state index >= 15 is 0 Å². The van der Waals surface area contributed by atoms with Gasteiger partial charge in [0, 0.05) is 23.1 Å². The topological polar surface area (TPSA) is 65.6 Å². The Labute approximate surface area is 104 Å². The highest BCUT2D eigenvalue weighted by Gasteiger charge is 2.23. The Morgan fingerprint density at radius 1 is 1.50 bits per heavy atom. The quantitative estimate of drug-likeness (QED) is 0.810. The van der Waals surface area contributed by atoms with Crippen LogP contribution in [-0.2, 0) is 13.0 Å². The number of nitrogens with one attached hydrogen (secondary N) is 1. The normalized spacial score (nSPS) is 14.6. The van der Waals surface area contributed by atoms with Gasteiger partial charge < -0.3 is 19.7 Å². The fourth-order valence-corrected chi connectivity index (χ4v) is 2.51. The van der Waals surface area contributed by atoms with E-state index in [1.807, 2.05) is 18.2 Å². The van der Waals surface area contributed by atoms with Crippen molar-refractivity contribution in [3.05, 3.63) is 29.5 Å². The van der Waals surface area contributed by atoms with Gasteiger partial charge in [0.2, 0.25) is 0 Å².